The largest absolute Gasteiger partial charge is 0.477 e. The molecule has 2 aliphatic carbocycles. The van der Waals surface area contributed by atoms with Gasteiger partial charge in [-0.1, -0.05) is 25.5 Å². The van der Waals surface area contributed by atoms with Crippen LogP contribution in [0.4, 0.5) is 4.39 Å². The van der Waals surface area contributed by atoms with Gasteiger partial charge in [0.15, 0.2) is 0 Å². The molecule has 0 spiro atoms. The number of aryl methyl sites for hydroxylation is 1. The summed E-state index contributed by atoms with van der Waals surface area (Å²) in [6.07, 6.45) is 12.4. The summed E-state index contributed by atoms with van der Waals surface area (Å²) >= 11 is 1.34. The van der Waals surface area contributed by atoms with E-state index in [2.05, 4.69) is 6.92 Å². The highest BCUT2D eigenvalue weighted by molar-refractivity contribution is 7.13. The number of carboxylic acids is 1. The van der Waals surface area contributed by atoms with E-state index >= 15 is 0 Å². The molecule has 4 atom stereocenters. The Labute approximate surface area is 171 Å². The second-order valence-corrected chi connectivity index (χ2v) is 9.81. The lowest BCUT2D eigenvalue weighted by atomic mass is 9.63. The number of aliphatic hydroxyl groups is 1. The van der Waals surface area contributed by atoms with Crippen molar-refractivity contribution >= 4 is 17.3 Å². The van der Waals surface area contributed by atoms with E-state index in [0.29, 0.717) is 23.6 Å². The molecule has 2 fully saturated rings. The van der Waals surface area contributed by atoms with Crippen LogP contribution in [0.2, 0.25) is 0 Å². The Balaban J connectivity index is 1.47. The Bertz CT molecular complexity index is 674. The highest BCUT2D eigenvalue weighted by Gasteiger charge is 2.41. The molecule has 1 aromatic rings. The maximum atomic E-state index is 14.4. The van der Waals surface area contributed by atoms with Crippen LogP contribution >= 0.6 is 11.3 Å². The van der Waals surface area contributed by atoms with E-state index in [-0.39, 0.29) is 17.4 Å². The fourth-order valence-electron chi connectivity index (χ4n) is 5.00. The van der Waals surface area contributed by atoms with Crippen LogP contribution < -0.4 is 0 Å². The molecule has 2 saturated carbocycles. The van der Waals surface area contributed by atoms with E-state index in [1.165, 1.54) is 17.8 Å². The van der Waals surface area contributed by atoms with Gasteiger partial charge in [-0.05, 0) is 81.3 Å². The summed E-state index contributed by atoms with van der Waals surface area (Å²) in [5.74, 6) is -0.554. The predicted molar refractivity (Wildman–Crippen MR) is 112 cm³/mol. The Kier molecular flexibility index (Phi) is 7.32. The fraction of sp³-hybridized carbons (Fsp3) is 0.696. The molecule has 0 saturated heterocycles. The van der Waals surface area contributed by atoms with Gasteiger partial charge in [0.25, 0.3) is 0 Å². The van der Waals surface area contributed by atoms with Gasteiger partial charge in [-0.3, -0.25) is 0 Å². The average Bonchev–Trinajstić information content (AvgIpc) is 3.23. The number of aromatic carboxylic acids is 1. The number of hydrogen-bond acceptors (Lipinski definition) is 3. The van der Waals surface area contributed by atoms with Crippen LogP contribution in [0, 0.1) is 17.3 Å². The summed E-state index contributed by atoms with van der Waals surface area (Å²) < 4.78 is 14.4. The predicted octanol–water partition coefficient (Wildman–Crippen LogP) is 6.02. The molecular formula is C23H33FO3S. The first-order valence-electron chi connectivity index (χ1n) is 10.8. The minimum Gasteiger partial charge on any atom is -0.477 e. The normalized spacial score (nSPS) is 27.8. The second kappa shape index (κ2) is 9.53. The molecule has 0 aromatic carbocycles. The Morgan fingerprint density at radius 3 is 2.79 bits per heavy atom. The number of alkyl halides is 1. The number of halogens is 1. The van der Waals surface area contributed by atoms with Crippen LogP contribution in [0.25, 0.3) is 0 Å². The third-order valence-corrected chi connectivity index (χ3v) is 8.26. The zero-order valence-electron chi connectivity index (χ0n) is 16.8. The van der Waals surface area contributed by atoms with Crippen LogP contribution in [0.15, 0.2) is 24.3 Å². The molecule has 5 heteroatoms. The minimum atomic E-state index is -0.869. The number of allylic oxidation sites excluding steroid dienone is 1. The van der Waals surface area contributed by atoms with Gasteiger partial charge in [0.05, 0.1) is 6.10 Å². The molecule has 0 amide bonds. The maximum Gasteiger partial charge on any atom is 0.345 e. The summed E-state index contributed by atoms with van der Waals surface area (Å²) in [7, 11) is 0. The van der Waals surface area contributed by atoms with E-state index in [0.717, 1.165) is 49.8 Å². The van der Waals surface area contributed by atoms with Crippen LogP contribution in [0.3, 0.4) is 0 Å². The standard InChI is InChI=1S/C23H33FO3S/c1-2-23(14-5-15-23)21(25)9-4-8-18-16(10-12-19(18)24)6-3-7-17-11-13-20(28-17)22(26)27/h4,8,11,13,16,18-19,21,25H,2-3,5-7,9-10,12,14-15H2,1H3,(H,26,27)/b8-4+/t16-,18+,19+,21?/m0/s1. The van der Waals surface area contributed by atoms with Crippen LogP contribution in [0.1, 0.15) is 79.3 Å². The van der Waals surface area contributed by atoms with E-state index in [9.17, 15) is 14.3 Å². The molecule has 0 bridgehead atoms. The van der Waals surface area contributed by atoms with Gasteiger partial charge in [0.2, 0.25) is 0 Å². The molecule has 28 heavy (non-hydrogen) atoms. The van der Waals surface area contributed by atoms with Crippen LogP contribution in [-0.4, -0.2) is 28.5 Å². The van der Waals surface area contributed by atoms with E-state index in [4.69, 9.17) is 5.11 Å². The number of carboxylic acid groups (broad SMARTS) is 1. The third-order valence-electron chi connectivity index (χ3n) is 7.12. The van der Waals surface area contributed by atoms with Gasteiger partial charge in [-0.2, -0.15) is 0 Å². The Morgan fingerprint density at radius 1 is 1.39 bits per heavy atom. The molecule has 3 rings (SSSR count). The monoisotopic (exact) mass is 408 g/mol. The Morgan fingerprint density at radius 2 is 2.18 bits per heavy atom. The molecule has 1 aromatic heterocycles. The van der Waals surface area contributed by atoms with Gasteiger partial charge in [-0.25, -0.2) is 9.18 Å². The molecule has 0 radical (unpaired) electrons. The molecule has 2 aliphatic rings. The highest BCUT2D eigenvalue weighted by atomic mass is 32.1. The quantitative estimate of drug-likeness (QED) is 0.465. The van der Waals surface area contributed by atoms with Crippen molar-refractivity contribution in [3.63, 3.8) is 0 Å². The van der Waals surface area contributed by atoms with Crippen molar-refractivity contribution in [1.82, 2.24) is 0 Å². The number of carbonyl (C=O) groups is 1. The van der Waals surface area contributed by atoms with Crippen molar-refractivity contribution in [3.8, 4) is 0 Å². The number of rotatable bonds is 10. The van der Waals surface area contributed by atoms with Gasteiger partial charge in [-0.15, -0.1) is 11.3 Å². The summed E-state index contributed by atoms with van der Waals surface area (Å²) in [4.78, 5) is 12.4. The second-order valence-electron chi connectivity index (χ2n) is 8.64. The Hall–Kier alpha value is -1.20. The summed E-state index contributed by atoms with van der Waals surface area (Å²) in [5.41, 5.74) is 0.101. The van der Waals surface area contributed by atoms with E-state index in [1.54, 1.807) is 6.07 Å². The third kappa shape index (κ3) is 4.85. The lowest BCUT2D eigenvalue weighted by molar-refractivity contribution is -0.0355. The highest BCUT2D eigenvalue weighted by Crippen LogP contribution is 2.47. The number of hydrogen-bond donors (Lipinski definition) is 2. The SMILES string of the molecule is CCC1(C(O)C/C=C/[C@@H]2[C@@H](CCCc3ccc(C(=O)O)s3)CC[C@H]2F)CCC1. The van der Waals surface area contributed by atoms with E-state index < -0.39 is 12.1 Å². The maximum absolute atomic E-state index is 14.4. The first-order valence-corrected chi connectivity index (χ1v) is 11.6. The van der Waals surface area contributed by atoms with Gasteiger partial charge in [0, 0.05) is 10.8 Å². The minimum absolute atomic E-state index is 0.0379. The lowest BCUT2D eigenvalue weighted by Crippen LogP contribution is -2.40. The number of aliphatic hydroxyl groups excluding tert-OH is 1. The average molecular weight is 409 g/mol. The van der Waals surface area contributed by atoms with Gasteiger partial charge >= 0.3 is 5.97 Å². The molecular weight excluding hydrogens is 375 g/mol. The first kappa shape index (κ1) is 21.5. The fourth-order valence-corrected chi connectivity index (χ4v) is 5.89. The van der Waals surface area contributed by atoms with Crippen molar-refractivity contribution in [1.29, 1.82) is 0 Å². The topological polar surface area (TPSA) is 57.5 Å². The summed E-state index contributed by atoms with van der Waals surface area (Å²) in [6.45, 7) is 2.16. The van der Waals surface area contributed by atoms with Gasteiger partial charge < -0.3 is 10.2 Å². The summed E-state index contributed by atoms with van der Waals surface area (Å²) in [6, 6.07) is 3.56. The molecule has 156 valence electrons. The van der Waals surface area contributed by atoms with E-state index in [1.807, 2.05) is 18.2 Å². The lowest BCUT2D eigenvalue weighted by Gasteiger charge is -2.45. The smallest absolute Gasteiger partial charge is 0.345 e. The van der Waals surface area contributed by atoms with Crippen molar-refractivity contribution in [2.24, 2.45) is 17.3 Å². The zero-order valence-corrected chi connectivity index (χ0v) is 17.6. The molecule has 1 unspecified atom stereocenters. The van der Waals surface area contributed by atoms with Crippen LogP contribution in [-0.2, 0) is 6.42 Å². The number of thiophene rings is 1. The molecule has 2 N–H and O–H groups in total. The summed E-state index contributed by atoms with van der Waals surface area (Å²) in [5, 5.41) is 19.6. The van der Waals surface area contributed by atoms with Crippen molar-refractivity contribution in [2.45, 2.75) is 83.4 Å². The van der Waals surface area contributed by atoms with Gasteiger partial charge in [0.1, 0.15) is 11.0 Å². The van der Waals surface area contributed by atoms with Crippen LogP contribution in [0.5, 0.6) is 0 Å². The molecule has 1 heterocycles. The first-order chi connectivity index (χ1) is 13.4. The van der Waals surface area contributed by atoms with Crippen molar-refractivity contribution < 1.29 is 19.4 Å². The van der Waals surface area contributed by atoms with Crippen molar-refractivity contribution in [3.05, 3.63) is 34.0 Å². The molecule has 0 aliphatic heterocycles. The zero-order chi connectivity index (χ0) is 20.1. The van der Waals surface area contributed by atoms with Crippen molar-refractivity contribution in [2.75, 3.05) is 0 Å². The molecule has 3 nitrogen and oxygen atoms in total.